The second kappa shape index (κ2) is 4.98. The van der Waals surface area contributed by atoms with Crippen LogP contribution in [0.15, 0.2) is 24.3 Å². The second-order valence-corrected chi connectivity index (χ2v) is 4.12. The molecule has 1 aromatic rings. The summed E-state index contributed by atoms with van der Waals surface area (Å²) in [5.41, 5.74) is 1.08. The molecule has 88 valence electrons. The molecule has 0 aliphatic carbocycles. The summed E-state index contributed by atoms with van der Waals surface area (Å²) >= 11 is 0. The molecule has 4 nitrogen and oxygen atoms in total. The minimum absolute atomic E-state index is 0.0297. The lowest BCUT2D eigenvalue weighted by Crippen LogP contribution is -2.47. The van der Waals surface area contributed by atoms with Crippen LogP contribution in [-0.2, 0) is 4.74 Å². The number of rotatable bonds is 1. The average Bonchev–Trinajstić information content (AvgIpc) is 2.38. The molecule has 17 heavy (non-hydrogen) atoms. The molecule has 1 fully saturated rings. The van der Waals surface area contributed by atoms with Crippen LogP contribution in [0.3, 0.4) is 0 Å². The summed E-state index contributed by atoms with van der Waals surface area (Å²) in [6.07, 6.45) is 0. The highest BCUT2D eigenvalue weighted by molar-refractivity contribution is 5.94. The van der Waals surface area contributed by atoms with Crippen LogP contribution in [0.5, 0.6) is 0 Å². The van der Waals surface area contributed by atoms with E-state index in [1.807, 2.05) is 13.0 Å². The molecule has 0 spiro atoms. The van der Waals surface area contributed by atoms with Crippen LogP contribution < -0.4 is 0 Å². The zero-order chi connectivity index (χ0) is 12.3. The summed E-state index contributed by atoms with van der Waals surface area (Å²) in [6, 6.07) is 8.92. The van der Waals surface area contributed by atoms with Gasteiger partial charge in [-0.15, -0.1) is 0 Å². The van der Waals surface area contributed by atoms with Gasteiger partial charge in [-0.1, -0.05) is 6.07 Å². The van der Waals surface area contributed by atoms with Crippen LogP contribution in [0.1, 0.15) is 22.8 Å². The van der Waals surface area contributed by atoms with Gasteiger partial charge in [0, 0.05) is 12.1 Å². The molecule has 0 N–H and O–H groups in total. The molecule has 1 aliphatic rings. The molecule has 1 heterocycles. The first-order valence-electron chi connectivity index (χ1n) is 5.61. The van der Waals surface area contributed by atoms with Gasteiger partial charge in [0.15, 0.2) is 0 Å². The van der Waals surface area contributed by atoms with Gasteiger partial charge in [0.25, 0.3) is 5.91 Å². The summed E-state index contributed by atoms with van der Waals surface area (Å²) in [5.74, 6) is -0.0297. The van der Waals surface area contributed by atoms with E-state index < -0.39 is 0 Å². The first-order valence-corrected chi connectivity index (χ1v) is 5.61. The summed E-state index contributed by atoms with van der Waals surface area (Å²) in [4.78, 5) is 14.0. The van der Waals surface area contributed by atoms with Crippen LogP contribution in [-0.4, -0.2) is 36.6 Å². The summed E-state index contributed by atoms with van der Waals surface area (Å²) in [7, 11) is 0. The van der Waals surface area contributed by atoms with Gasteiger partial charge in [-0.2, -0.15) is 5.26 Å². The van der Waals surface area contributed by atoms with E-state index in [4.69, 9.17) is 10.00 Å². The molecule has 1 aliphatic heterocycles. The fraction of sp³-hybridized carbons (Fsp3) is 0.385. The maximum Gasteiger partial charge on any atom is 0.254 e. The lowest BCUT2D eigenvalue weighted by Gasteiger charge is -2.33. The number of carbonyl (C=O) groups is 1. The number of nitrogens with zero attached hydrogens (tertiary/aromatic N) is 2. The maximum absolute atomic E-state index is 12.2. The van der Waals surface area contributed by atoms with Crippen LogP contribution >= 0.6 is 0 Å². The Bertz CT molecular complexity index is 465. The Kier molecular flexibility index (Phi) is 3.40. The number of morpholine rings is 1. The van der Waals surface area contributed by atoms with Crippen LogP contribution in [0.2, 0.25) is 0 Å². The zero-order valence-corrected chi connectivity index (χ0v) is 9.72. The van der Waals surface area contributed by atoms with E-state index in [0.29, 0.717) is 30.9 Å². The Morgan fingerprint density at radius 1 is 1.59 bits per heavy atom. The molecule has 4 heteroatoms. The Hall–Kier alpha value is -1.86. The van der Waals surface area contributed by atoms with Crippen molar-refractivity contribution in [2.75, 3.05) is 19.8 Å². The molecule has 1 saturated heterocycles. The number of carbonyl (C=O) groups excluding carboxylic acids is 1. The van der Waals surface area contributed by atoms with Gasteiger partial charge >= 0.3 is 0 Å². The Labute approximate surface area is 100 Å². The van der Waals surface area contributed by atoms with Crippen LogP contribution in [0.25, 0.3) is 0 Å². The zero-order valence-electron chi connectivity index (χ0n) is 9.72. The number of nitriles is 1. The first-order chi connectivity index (χ1) is 8.22. The van der Waals surface area contributed by atoms with E-state index in [2.05, 4.69) is 0 Å². The molecular formula is C13H14N2O2. The highest BCUT2D eigenvalue weighted by Crippen LogP contribution is 2.13. The van der Waals surface area contributed by atoms with E-state index in [1.54, 1.807) is 29.2 Å². The normalized spacial score (nSPS) is 19.8. The highest BCUT2D eigenvalue weighted by atomic mass is 16.5. The molecule has 0 bridgehead atoms. The minimum atomic E-state index is -0.0297. The van der Waals surface area contributed by atoms with E-state index in [1.165, 1.54) is 0 Å². The largest absolute Gasteiger partial charge is 0.377 e. The maximum atomic E-state index is 12.2. The third-order valence-electron chi connectivity index (χ3n) is 2.87. The third kappa shape index (κ3) is 2.45. The van der Waals surface area contributed by atoms with E-state index in [0.717, 1.165) is 0 Å². The number of hydrogen-bond donors (Lipinski definition) is 0. The first kappa shape index (κ1) is 11.6. The monoisotopic (exact) mass is 230 g/mol. The van der Waals surface area contributed by atoms with Gasteiger partial charge in [0.05, 0.1) is 30.9 Å². The van der Waals surface area contributed by atoms with Crippen molar-refractivity contribution in [2.24, 2.45) is 0 Å². The molecular weight excluding hydrogens is 216 g/mol. The fourth-order valence-corrected chi connectivity index (χ4v) is 1.92. The third-order valence-corrected chi connectivity index (χ3v) is 2.87. The number of amides is 1. The molecule has 2 rings (SSSR count). The predicted octanol–water partition coefficient (Wildman–Crippen LogP) is 1.42. The molecule has 1 atom stereocenters. The van der Waals surface area contributed by atoms with Crippen molar-refractivity contribution in [1.82, 2.24) is 4.90 Å². The molecule has 0 radical (unpaired) electrons. The lowest BCUT2D eigenvalue weighted by molar-refractivity contribution is 0.00359. The summed E-state index contributed by atoms with van der Waals surface area (Å²) in [5, 5.41) is 8.81. The molecule has 0 saturated carbocycles. The Balaban J connectivity index is 2.21. The molecule has 1 aromatic carbocycles. The van der Waals surface area contributed by atoms with Gasteiger partial charge < -0.3 is 9.64 Å². The fourth-order valence-electron chi connectivity index (χ4n) is 1.92. The van der Waals surface area contributed by atoms with Crippen LogP contribution in [0, 0.1) is 11.3 Å². The van der Waals surface area contributed by atoms with E-state index >= 15 is 0 Å². The number of ether oxygens (including phenoxy) is 1. The van der Waals surface area contributed by atoms with E-state index in [-0.39, 0.29) is 11.9 Å². The summed E-state index contributed by atoms with van der Waals surface area (Å²) in [6.45, 7) is 3.72. The lowest BCUT2D eigenvalue weighted by atomic mass is 10.1. The second-order valence-electron chi connectivity index (χ2n) is 4.12. The predicted molar refractivity (Wildman–Crippen MR) is 62.5 cm³/mol. The van der Waals surface area contributed by atoms with Crippen molar-refractivity contribution in [2.45, 2.75) is 13.0 Å². The topological polar surface area (TPSA) is 53.3 Å². The molecule has 1 unspecified atom stereocenters. The number of hydrogen-bond acceptors (Lipinski definition) is 3. The molecule has 0 aromatic heterocycles. The van der Waals surface area contributed by atoms with Crippen molar-refractivity contribution in [3.63, 3.8) is 0 Å². The van der Waals surface area contributed by atoms with Crippen molar-refractivity contribution >= 4 is 5.91 Å². The van der Waals surface area contributed by atoms with Gasteiger partial charge in [0.1, 0.15) is 0 Å². The SMILES string of the molecule is CC1COCCN1C(=O)c1cccc(C#N)c1. The average molecular weight is 230 g/mol. The summed E-state index contributed by atoms with van der Waals surface area (Å²) < 4.78 is 5.30. The smallest absolute Gasteiger partial charge is 0.254 e. The van der Waals surface area contributed by atoms with Gasteiger partial charge in [-0.25, -0.2) is 0 Å². The van der Waals surface area contributed by atoms with Gasteiger partial charge in [-0.05, 0) is 25.1 Å². The number of benzene rings is 1. The van der Waals surface area contributed by atoms with Gasteiger partial charge in [0.2, 0.25) is 0 Å². The van der Waals surface area contributed by atoms with Crippen LogP contribution in [0.4, 0.5) is 0 Å². The Morgan fingerprint density at radius 2 is 2.41 bits per heavy atom. The highest BCUT2D eigenvalue weighted by Gasteiger charge is 2.24. The van der Waals surface area contributed by atoms with Crippen molar-refractivity contribution in [1.29, 1.82) is 5.26 Å². The van der Waals surface area contributed by atoms with Crippen molar-refractivity contribution in [3.05, 3.63) is 35.4 Å². The van der Waals surface area contributed by atoms with Gasteiger partial charge in [-0.3, -0.25) is 4.79 Å². The quantitative estimate of drug-likeness (QED) is 0.733. The molecule has 1 amide bonds. The van der Waals surface area contributed by atoms with Crippen molar-refractivity contribution < 1.29 is 9.53 Å². The Morgan fingerprint density at radius 3 is 3.12 bits per heavy atom. The van der Waals surface area contributed by atoms with Crippen molar-refractivity contribution in [3.8, 4) is 6.07 Å². The standard InChI is InChI=1S/C13H14N2O2/c1-10-9-17-6-5-15(10)13(16)12-4-2-3-11(7-12)8-14/h2-4,7,10H,5-6,9H2,1H3. The van der Waals surface area contributed by atoms with E-state index in [9.17, 15) is 4.79 Å². The minimum Gasteiger partial charge on any atom is -0.377 e.